The van der Waals surface area contributed by atoms with E-state index < -0.39 is 0 Å². The first-order chi connectivity index (χ1) is 6.81. The molecule has 0 atom stereocenters. The van der Waals surface area contributed by atoms with Gasteiger partial charge in [0.1, 0.15) is 0 Å². The SMILES string of the molecule is O=C1NCc2cc(C=CCO)ccc21. The van der Waals surface area contributed by atoms with Crippen molar-refractivity contribution in [3.63, 3.8) is 0 Å². The van der Waals surface area contributed by atoms with Crippen molar-refractivity contribution in [3.05, 3.63) is 41.0 Å². The smallest absolute Gasteiger partial charge is 0.251 e. The molecule has 14 heavy (non-hydrogen) atoms. The topological polar surface area (TPSA) is 49.3 Å². The van der Waals surface area contributed by atoms with Crippen LogP contribution in [-0.4, -0.2) is 17.6 Å². The summed E-state index contributed by atoms with van der Waals surface area (Å²) in [6, 6.07) is 5.64. The number of hydrogen-bond donors (Lipinski definition) is 2. The summed E-state index contributed by atoms with van der Waals surface area (Å²) < 4.78 is 0. The minimum absolute atomic E-state index is 0.00214. The molecule has 72 valence electrons. The quantitative estimate of drug-likeness (QED) is 0.727. The number of hydrogen-bond acceptors (Lipinski definition) is 2. The maximum absolute atomic E-state index is 11.2. The number of amides is 1. The van der Waals surface area contributed by atoms with Gasteiger partial charge in [0.2, 0.25) is 0 Å². The van der Waals surface area contributed by atoms with Gasteiger partial charge in [-0.15, -0.1) is 0 Å². The fourth-order valence-corrected chi connectivity index (χ4v) is 1.54. The second kappa shape index (κ2) is 3.64. The van der Waals surface area contributed by atoms with Gasteiger partial charge >= 0.3 is 0 Å². The lowest BCUT2D eigenvalue weighted by atomic mass is 10.1. The maximum Gasteiger partial charge on any atom is 0.251 e. The van der Waals surface area contributed by atoms with Crippen LogP contribution < -0.4 is 5.32 Å². The second-order valence-corrected chi connectivity index (χ2v) is 3.18. The van der Waals surface area contributed by atoms with Gasteiger partial charge in [0.25, 0.3) is 5.91 Å². The van der Waals surface area contributed by atoms with Gasteiger partial charge in [-0.1, -0.05) is 18.2 Å². The van der Waals surface area contributed by atoms with E-state index in [9.17, 15) is 4.79 Å². The number of nitrogens with one attached hydrogen (secondary N) is 1. The highest BCUT2D eigenvalue weighted by Crippen LogP contribution is 2.17. The molecule has 0 saturated heterocycles. The van der Waals surface area contributed by atoms with E-state index in [4.69, 9.17) is 5.11 Å². The van der Waals surface area contributed by atoms with Crippen molar-refractivity contribution in [1.82, 2.24) is 5.32 Å². The molecule has 2 N–H and O–H groups in total. The highest BCUT2D eigenvalue weighted by atomic mass is 16.2. The minimum Gasteiger partial charge on any atom is -0.392 e. The Morgan fingerprint density at radius 2 is 2.36 bits per heavy atom. The number of benzene rings is 1. The van der Waals surface area contributed by atoms with Crippen molar-refractivity contribution in [2.24, 2.45) is 0 Å². The summed E-state index contributed by atoms with van der Waals surface area (Å²) in [6.07, 6.45) is 3.51. The van der Waals surface area contributed by atoms with Gasteiger partial charge in [0.05, 0.1) is 6.61 Å². The first-order valence-corrected chi connectivity index (χ1v) is 4.50. The Balaban J connectivity index is 2.32. The largest absolute Gasteiger partial charge is 0.392 e. The van der Waals surface area contributed by atoms with E-state index in [-0.39, 0.29) is 12.5 Å². The summed E-state index contributed by atoms with van der Waals surface area (Å²) in [4.78, 5) is 11.2. The highest BCUT2D eigenvalue weighted by Gasteiger charge is 2.17. The Morgan fingerprint density at radius 3 is 3.14 bits per heavy atom. The molecular formula is C11H11NO2. The highest BCUT2D eigenvalue weighted by molar-refractivity contribution is 5.98. The summed E-state index contributed by atoms with van der Waals surface area (Å²) in [5.41, 5.74) is 2.79. The Morgan fingerprint density at radius 1 is 1.50 bits per heavy atom. The van der Waals surface area contributed by atoms with E-state index in [2.05, 4.69) is 5.32 Å². The first-order valence-electron chi connectivity index (χ1n) is 4.50. The van der Waals surface area contributed by atoms with Crippen LogP contribution in [0.5, 0.6) is 0 Å². The molecule has 1 heterocycles. The molecule has 3 nitrogen and oxygen atoms in total. The Kier molecular flexibility index (Phi) is 2.33. The maximum atomic E-state index is 11.2. The van der Waals surface area contributed by atoms with Crippen molar-refractivity contribution in [2.75, 3.05) is 6.61 Å². The molecule has 1 amide bonds. The average Bonchev–Trinajstić information content (AvgIpc) is 2.57. The molecule has 0 bridgehead atoms. The molecule has 0 aromatic heterocycles. The van der Waals surface area contributed by atoms with Gasteiger partial charge < -0.3 is 10.4 Å². The van der Waals surface area contributed by atoms with Gasteiger partial charge in [-0.25, -0.2) is 0 Å². The second-order valence-electron chi connectivity index (χ2n) is 3.18. The zero-order valence-electron chi connectivity index (χ0n) is 7.66. The Labute approximate surface area is 82.1 Å². The van der Waals surface area contributed by atoms with Crippen LogP contribution >= 0.6 is 0 Å². The molecule has 0 fully saturated rings. The zero-order valence-corrected chi connectivity index (χ0v) is 7.66. The summed E-state index contributed by atoms with van der Waals surface area (Å²) >= 11 is 0. The molecule has 3 heteroatoms. The van der Waals surface area contributed by atoms with Crippen molar-refractivity contribution < 1.29 is 9.90 Å². The van der Waals surface area contributed by atoms with E-state index >= 15 is 0 Å². The lowest BCUT2D eigenvalue weighted by Crippen LogP contribution is -2.12. The molecule has 1 aliphatic heterocycles. The summed E-state index contributed by atoms with van der Waals surface area (Å²) in [5.74, 6) is -0.00214. The predicted molar refractivity (Wildman–Crippen MR) is 53.7 cm³/mol. The van der Waals surface area contributed by atoms with E-state index in [1.807, 2.05) is 24.3 Å². The summed E-state index contributed by atoms with van der Waals surface area (Å²) in [5, 5.41) is 11.4. The minimum atomic E-state index is -0.00214. The molecule has 1 aliphatic rings. The number of rotatable bonds is 2. The normalized spacial score (nSPS) is 14.5. The molecule has 0 unspecified atom stereocenters. The van der Waals surface area contributed by atoms with E-state index in [1.54, 1.807) is 6.08 Å². The lowest BCUT2D eigenvalue weighted by molar-refractivity contribution is 0.0966. The van der Waals surface area contributed by atoms with Crippen LogP contribution in [0.15, 0.2) is 24.3 Å². The Hall–Kier alpha value is -1.61. The molecule has 1 aromatic carbocycles. The van der Waals surface area contributed by atoms with Crippen molar-refractivity contribution in [1.29, 1.82) is 0 Å². The fourth-order valence-electron chi connectivity index (χ4n) is 1.54. The van der Waals surface area contributed by atoms with Crippen LogP contribution in [0.2, 0.25) is 0 Å². The van der Waals surface area contributed by atoms with Crippen molar-refractivity contribution in [2.45, 2.75) is 6.54 Å². The monoisotopic (exact) mass is 189 g/mol. The van der Waals surface area contributed by atoms with Crippen molar-refractivity contribution in [3.8, 4) is 0 Å². The average molecular weight is 189 g/mol. The van der Waals surface area contributed by atoms with Crippen LogP contribution in [0.1, 0.15) is 21.5 Å². The number of fused-ring (bicyclic) bond motifs is 1. The standard InChI is InChI=1S/C11H11NO2/c13-5-1-2-8-3-4-10-9(6-8)7-12-11(10)14/h1-4,6,13H,5,7H2,(H,12,14). The third-order valence-corrected chi connectivity index (χ3v) is 2.23. The molecule has 2 rings (SSSR count). The van der Waals surface area contributed by atoms with Crippen LogP contribution in [0.3, 0.4) is 0 Å². The number of carbonyl (C=O) groups excluding carboxylic acids is 1. The molecule has 0 aliphatic carbocycles. The number of aliphatic hydroxyl groups is 1. The molecular weight excluding hydrogens is 178 g/mol. The fraction of sp³-hybridized carbons (Fsp3) is 0.182. The predicted octanol–water partition coefficient (Wildman–Crippen LogP) is 0.935. The van der Waals surface area contributed by atoms with Gasteiger partial charge in [0, 0.05) is 12.1 Å². The van der Waals surface area contributed by atoms with Gasteiger partial charge in [-0.05, 0) is 23.3 Å². The first kappa shape index (κ1) is 8.97. The lowest BCUT2D eigenvalue weighted by Gasteiger charge is -1.97. The van der Waals surface area contributed by atoms with Gasteiger partial charge in [-0.3, -0.25) is 4.79 Å². The van der Waals surface area contributed by atoms with Crippen LogP contribution in [-0.2, 0) is 6.54 Å². The van der Waals surface area contributed by atoms with Crippen LogP contribution in [0, 0.1) is 0 Å². The molecule has 0 radical (unpaired) electrons. The third-order valence-electron chi connectivity index (χ3n) is 2.23. The van der Waals surface area contributed by atoms with Gasteiger partial charge in [-0.2, -0.15) is 0 Å². The molecule has 0 saturated carbocycles. The number of carbonyl (C=O) groups is 1. The third kappa shape index (κ3) is 1.54. The summed E-state index contributed by atoms with van der Waals surface area (Å²) in [6.45, 7) is 0.642. The van der Waals surface area contributed by atoms with Crippen molar-refractivity contribution >= 4 is 12.0 Å². The van der Waals surface area contributed by atoms with Gasteiger partial charge in [0.15, 0.2) is 0 Å². The number of aliphatic hydroxyl groups excluding tert-OH is 1. The van der Waals surface area contributed by atoms with E-state index in [0.717, 1.165) is 16.7 Å². The molecule has 1 aromatic rings. The summed E-state index contributed by atoms with van der Waals surface area (Å²) in [7, 11) is 0. The van der Waals surface area contributed by atoms with E-state index in [0.29, 0.717) is 6.54 Å². The Bertz CT molecular complexity index is 396. The van der Waals surface area contributed by atoms with Crippen LogP contribution in [0.25, 0.3) is 6.08 Å². The van der Waals surface area contributed by atoms with Crippen LogP contribution in [0.4, 0.5) is 0 Å². The van der Waals surface area contributed by atoms with E-state index in [1.165, 1.54) is 0 Å². The molecule has 0 spiro atoms. The zero-order chi connectivity index (χ0) is 9.97.